The van der Waals surface area contributed by atoms with Gasteiger partial charge in [0.2, 0.25) is 5.91 Å². The highest BCUT2D eigenvalue weighted by molar-refractivity contribution is 6.02. The highest BCUT2D eigenvalue weighted by Crippen LogP contribution is 2.33. The van der Waals surface area contributed by atoms with E-state index >= 15 is 0 Å². The summed E-state index contributed by atoms with van der Waals surface area (Å²) in [6.07, 6.45) is 2.62. The average molecular weight is 391 g/mol. The number of amides is 1. The van der Waals surface area contributed by atoms with Gasteiger partial charge in [0.15, 0.2) is 11.5 Å². The first kappa shape index (κ1) is 19.2. The molecule has 0 aliphatic carbocycles. The van der Waals surface area contributed by atoms with Gasteiger partial charge in [0.1, 0.15) is 0 Å². The van der Waals surface area contributed by atoms with E-state index in [0.29, 0.717) is 12.3 Å². The van der Waals surface area contributed by atoms with Crippen molar-refractivity contribution in [3.63, 3.8) is 0 Å². The first-order chi connectivity index (χ1) is 14.1. The molecule has 0 spiro atoms. The lowest BCUT2D eigenvalue weighted by molar-refractivity contribution is -0.121. The Kier molecular flexibility index (Phi) is 5.36. The molecule has 1 aromatic heterocycles. The van der Waals surface area contributed by atoms with E-state index in [1.165, 1.54) is 11.1 Å². The van der Waals surface area contributed by atoms with Crippen LogP contribution in [0.3, 0.4) is 0 Å². The molecule has 0 fully saturated rings. The zero-order valence-electron chi connectivity index (χ0n) is 16.9. The molecule has 6 heteroatoms. The predicted octanol–water partition coefficient (Wildman–Crippen LogP) is 3.64. The molecule has 3 aromatic rings. The topological polar surface area (TPSA) is 63.7 Å². The van der Waals surface area contributed by atoms with Crippen molar-refractivity contribution in [3.8, 4) is 11.5 Å². The van der Waals surface area contributed by atoms with Gasteiger partial charge in [-0.2, -0.15) is 0 Å². The van der Waals surface area contributed by atoms with E-state index in [4.69, 9.17) is 9.47 Å². The normalized spacial score (nSPS) is 14.9. The quantitative estimate of drug-likeness (QED) is 0.719. The van der Waals surface area contributed by atoms with Crippen LogP contribution in [-0.4, -0.2) is 42.6 Å². The Morgan fingerprint density at radius 3 is 2.62 bits per heavy atom. The number of hydrogen-bond donors (Lipinski definition) is 1. The van der Waals surface area contributed by atoms with E-state index in [2.05, 4.69) is 15.2 Å². The van der Waals surface area contributed by atoms with Crippen LogP contribution in [0, 0.1) is 0 Å². The van der Waals surface area contributed by atoms with Gasteiger partial charge in [0, 0.05) is 24.7 Å². The molecule has 1 N–H and O–H groups in total. The molecule has 2 aromatic carbocycles. The molecule has 0 radical (unpaired) electrons. The minimum atomic E-state index is -0.261. The minimum absolute atomic E-state index is 0.0229. The van der Waals surface area contributed by atoms with E-state index in [0.717, 1.165) is 35.3 Å². The van der Waals surface area contributed by atoms with Crippen LogP contribution in [-0.2, 0) is 17.8 Å². The fourth-order valence-electron chi connectivity index (χ4n) is 3.85. The molecule has 1 aliphatic heterocycles. The molecule has 0 saturated carbocycles. The molecular formula is C23H25N3O3. The third kappa shape index (κ3) is 3.76. The molecule has 150 valence electrons. The Morgan fingerprint density at radius 1 is 1.10 bits per heavy atom. The van der Waals surface area contributed by atoms with Gasteiger partial charge in [-0.05, 0) is 60.9 Å². The van der Waals surface area contributed by atoms with Gasteiger partial charge in [-0.1, -0.05) is 6.07 Å². The summed E-state index contributed by atoms with van der Waals surface area (Å²) < 4.78 is 10.8. The van der Waals surface area contributed by atoms with Crippen molar-refractivity contribution in [3.05, 3.63) is 59.8 Å². The van der Waals surface area contributed by atoms with E-state index in [1.807, 2.05) is 49.4 Å². The van der Waals surface area contributed by atoms with E-state index in [-0.39, 0.29) is 11.9 Å². The number of pyridine rings is 1. The first-order valence-corrected chi connectivity index (χ1v) is 9.73. The van der Waals surface area contributed by atoms with Crippen molar-refractivity contribution in [1.82, 2.24) is 9.88 Å². The fraction of sp³-hybridized carbons (Fsp3) is 0.304. The standard InChI is InChI=1S/C23H25N3O3/c1-15(23(27)25-20-8-4-7-19-18(20)6-5-10-24-19)26-11-9-16-12-21(28-2)22(29-3)13-17(16)14-26/h4-8,10,12-13,15H,9,11,14H2,1-3H3,(H,25,27). The summed E-state index contributed by atoms with van der Waals surface area (Å²) in [6, 6.07) is 13.4. The Morgan fingerprint density at radius 2 is 1.86 bits per heavy atom. The van der Waals surface area contributed by atoms with Gasteiger partial charge in [-0.25, -0.2) is 0 Å². The zero-order valence-corrected chi connectivity index (χ0v) is 16.9. The number of aromatic nitrogens is 1. The second kappa shape index (κ2) is 8.09. The second-order valence-electron chi connectivity index (χ2n) is 7.24. The van der Waals surface area contributed by atoms with E-state index in [9.17, 15) is 4.79 Å². The Bertz CT molecular complexity index is 1050. The summed E-state index contributed by atoms with van der Waals surface area (Å²) in [5.74, 6) is 1.44. The number of rotatable bonds is 5. The van der Waals surface area contributed by atoms with Gasteiger partial charge in [0.25, 0.3) is 0 Å². The fourth-order valence-corrected chi connectivity index (χ4v) is 3.85. The first-order valence-electron chi connectivity index (χ1n) is 9.73. The highest BCUT2D eigenvalue weighted by atomic mass is 16.5. The molecule has 4 rings (SSSR count). The van der Waals surface area contributed by atoms with Crippen LogP contribution in [0.1, 0.15) is 18.1 Å². The summed E-state index contributed by atoms with van der Waals surface area (Å²) in [4.78, 5) is 19.5. The second-order valence-corrected chi connectivity index (χ2v) is 7.24. The predicted molar refractivity (Wildman–Crippen MR) is 113 cm³/mol. The molecule has 1 amide bonds. The van der Waals surface area contributed by atoms with Gasteiger partial charge in [0.05, 0.1) is 31.5 Å². The van der Waals surface area contributed by atoms with Crippen LogP contribution in [0.25, 0.3) is 10.9 Å². The third-order valence-electron chi connectivity index (χ3n) is 5.58. The van der Waals surface area contributed by atoms with Gasteiger partial charge >= 0.3 is 0 Å². The number of carbonyl (C=O) groups excluding carboxylic acids is 1. The van der Waals surface area contributed by atoms with Crippen LogP contribution in [0.2, 0.25) is 0 Å². The Hall–Kier alpha value is -3.12. The summed E-state index contributed by atoms with van der Waals surface area (Å²) >= 11 is 0. The molecule has 2 heterocycles. The number of anilines is 1. The number of nitrogens with one attached hydrogen (secondary N) is 1. The molecule has 1 unspecified atom stereocenters. The van der Waals surface area contributed by atoms with Crippen LogP contribution < -0.4 is 14.8 Å². The maximum Gasteiger partial charge on any atom is 0.241 e. The summed E-state index contributed by atoms with van der Waals surface area (Å²) in [7, 11) is 3.29. The Balaban J connectivity index is 1.51. The van der Waals surface area contributed by atoms with Crippen LogP contribution in [0.5, 0.6) is 11.5 Å². The number of ether oxygens (including phenoxy) is 2. The van der Waals surface area contributed by atoms with Gasteiger partial charge < -0.3 is 14.8 Å². The van der Waals surface area contributed by atoms with Crippen LogP contribution >= 0.6 is 0 Å². The number of benzene rings is 2. The van der Waals surface area contributed by atoms with E-state index < -0.39 is 0 Å². The van der Waals surface area contributed by atoms with Crippen molar-refractivity contribution in [1.29, 1.82) is 0 Å². The molecule has 0 saturated heterocycles. The summed E-state index contributed by atoms with van der Waals surface area (Å²) in [5, 5.41) is 4.02. The average Bonchev–Trinajstić information content (AvgIpc) is 2.77. The van der Waals surface area contributed by atoms with Crippen molar-refractivity contribution < 1.29 is 14.3 Å². The van der Waals surface area contributed by atoms with Crippen molar-refractivity contribution in [2.75, 3.05) is 26.1 Å². The number of methoxy groups -OCH3 is 2. The number of carbonyl (C=O) groups is 1. The molecule has 1 atom stereocenters. The zero-order chi connectivity index (χ0) is 20.4. The lowest BCUT2D eigenvalue weighted by Gasteiger charge is -2.33. The van der Waals surface area contributed by atoms with Crippen molar-refractivity contribution >= 4 is 22.5 Å². The SMILES string of the molecule is COc1cc2c(cc1OC)CN(C(C)C(=O)Nc1cccc3ncccc13)CC2. The maximum atomic E-state index is 13.0. The lowest BCUT2D eigenvalue weighted by atomic mass is 9.97. The summed E-state index contributed by atoms with van der Waals surface area (Å²) in [5.41, 5.74) is 4.07. The van der Waals surface area contributed by atoms with Gasteiger partial charge in [-0.3, -0.25) is 14.7 Å². The van der Waals surface area contributed by atoms with Gasteiger partial charge in [-0.15, -0.1) is 0 Å². The number of fused-ring (bicyclic) bond motifs is 2. The van der Waals surface area contributed by atoms with Crippen molar-refractivity contribution in [2.45, 2.75) is 25.9 Å². The number of hydrogen-bond acceptors (Lipinski definition) is 5. The van der Waals surface area contributed by atoms with Crippen LogP contribution in [0.15, 0.2) is 48.7 Å². The maximum absolute atomic E-state index is 13.0. The largest absolute Gasteiger partial charge is 0.493 e. The highest BCUT2D eigenvalue weighted by Gasteiger charge is 2.27. The molecular weight excluding hydrogens is 366 g/mol. The van der Waals surface area contributed by atoms with Crippen molar-refractivity contribution in [2.24, 2.45) is 0 Å². The smallest absolute Gasteiger partial charge is 0.241 e. The minimum Gasteiger partial charge on any atom is -0.493 e. The monoisotopic (exact) mass is 391 g/mol. The number of nitrogens with zero attached hydrogens (tertiary/aromatic N) is 2. The van der Waals surface area contributed by atoms with Crippen LogP contribution in [0.4, 0.5) is 5.69 Å². The molecule has 6 nitrogen and oxygen atoms in total. The molecule has 29 heavy (non-hydrogen) atoms. The molecule has 0 bridgehead atoms. The Labute approximate surface area is 170 Å². The summed E-state index contributed by atoms with van der Waals surface area (Å²) in [6.45, 7) is 3.46. The molecule has 1 aliphatic rings. The lowest BCUT2D eigenvalue weighted by Crippen LogP contribution is -2.44. The van der Waals surface area contributed by atoms with E-state index in [1.54, 1.807) is 20.4 Å². The third-order valence-corrected chi connectivity index (χ3v) is 5.58.